The summed E-state index contributed by atoms with van der Waals surface area (Å²) < 4.78 is 7.77. The molecule has 0 amide bonds. The molecule has 2 heterocycles. The summed E-state index contributed by atoms with van der Waals surface area (Å²) in [6.07, 6.45) is 1.74. The van der Waals surface area contributed by atoms with Gasteiger partial charge in [-0.1, -0.05) is 53.2 Å². The summed E-state index contributed by atoms with van der Waals surface area (Å²) in [4.78, 5) is 16.2. The lowest BCUT2D eigenvalue weighted by molar-refractivity contribution is 0.0587. The SMILES string of the molecule is COC(=O)c1nc(-n2cc(-c3ccccc3)nn2)n(-c2ccc(C)cc2)n1. The van der Waals surface area contributed by atoms with Gasteiger partial charge in [0, 0.05) is 5.56 Å². The molecule has 4 aromatic rings. The minimum absolute atomic E-state index is 0.0511. The van der Waals surface area contributed by atoms with E-state index < -0.39 is 5.97 Å². The van der Waals surface area contributed by atoms with E-state index >= 15 is 0 Å². The molecule has 0 unspecified atom stereocenters. The molecule has 0 bridgehead atoms. The van der Waals surface area contributed by atoms with Crippen LogP contribution < -0.4 is 0 Å². The minimum Gasteiger partial charge on any atom is -0.463 e. The van der Waals surface area contributed by atoms with E-state index in [2.05, 4.69) is 20.4 Å². The van der Waals surface area contributed by atoms with Crippen molar-refractivity contribution in [1.29, 1.82) is 0 Å². The third-order valence-corrected chi connectivity index (χ3v) is 4.00. The number of hydrogen-bond acceptors (Lipinski definition) is 6. The Morgan fingerprint density at radius 2 is 1.78 bits per heavy atom. The molecule has 0 saturated carbocycles. The van der Waals surface area contributed by atoms with E-state index in [4.69, 9.17) is 4.74 Å². The van der Waals surface area contributed by atoms with E-state index in [0.717, 1.165) is 16.8 Å². The summed E-state index contributed by atoms with van der Waals surface area (Å²) in [6.45, 7) is 2.00. The van der Waals surface area contributed by atoms with Crippen molar-refractivity contribution >= 4 is 5.97 Å². The van der Waals surface area contributed by atoms with Crippen LogP contribution in [-0.4, -0.2) is 42.8 Å². The van der Waals surface area contributed by atoms with Crippen LogP contribution >= 0.6 is 0 Å². The molecular weight excluding hydrogens is 344 g/mol. The van der Waals surface area contributed by atoms with E-state index in [-0.39, 0.29) is 5.82 Å². The van der Waals surface area contributed by atoms with Crippen molar-refractivity contribution in [2.45, 2.75) is 6.92 Å². The highest BCUT2D eigenvalue weighted by Gasteiger charge is 2.20. The molecule has 8 nitrogen and oxygen atoms in total. The minimum atomic E-state index is -0.620. The fraction of sp³-hybridized carbons (Fsp3) is 0.105. The van der Waals surface area contributed by atoms with Crippen LogP contribution in [0.5, 0.6) is 0 Å². The highest BCUT2D eigenvalue weighted by Crippen LogP contribution is 2.19. The van der Waals surface area contributed by atoms with E-state index in [1.165, 1.54) is 16.5 Å². The van der Waals surface area contributed by atoms with Crippen molar-refractivity contribution in [3.8, 4) is 22.9 Å². The fourth-order valence-corrected chi connectivity index (χ4v) is 2.59. The van der Waals surface area contributed by atoms with Gasteiger partial charge in [0.15, 0.2) is 0 Å². The van der Waals surface area contributed by atoms with Gasteiger partial charge in [-0.3, -0.25) is 0 Å². The van der Waals surface area contributed by atoms with Gasteiger partial charge < -0.3 is 4.74 Å². The van der Waals surface area contributed by atoms with Gasteiger partial charge in [-0.15, -0.1) is 10.2 Å². The molecule has 0 atom stereocenters. The number of carbonyl (C=O) groups excluding carboxylic acids is 1. The van der Waals surface area contributed by atoms with Gasteiger partial charge in [0.2, 0.25) is 0 Å². The van der Waals surface area contributed by atoms with Crippen LogP contribution in [0.15, 0.2) is 60.8 Å². The summed E-state index contributed by atoms with van der Waals surface area (Å²) in [5.41, 5.74) is 3.47. The number of aryl methyl sites for hydroxylation is 1. The topological polar surface area (TPSA) is 87.7 Å². The number of esters is 1. The van der Waals surface area contributed by atoms with Crippen LogP contribution in [0, 0.1) is 6.92 Å². The predicted molar refractivity (Wildman–Crippen MR) is 97.8 cm³/mol. The average Bonchev–Trinajstić information content (AvgIpc) is 3.36. The molecule has 0 radical (unpaired) electrons. The Balaban J connectivity index is 1.82. The third kappa shape index (κ3) is 3.20. The third-order valence-electron chi connectivity index (χ3n) is 4.00. The van der Waals surface area contributed by atoms with Gasteiger partial charge in [-0.25, -0.2) is 4.79 Å². The predicted octanol–water partition coefficient (Wildman–Crippen LogP) is 2.61. The second kappa shape index (κ2) is 6.83. The number of nitrogens with zero attached hydrogens (tertiary/aromatic N) is 6. The maximum atomic E-state index is 11.9. The Kier molecular flexibility index (Phi) is 4.21. The van der Waals surface area contributed by atoms with E-state index in [1.54, 1.807) is 6.20 Å². The van der Waals surface area contributed by atoms with Gasteiger partial charge in [-0.05, 0) is 19.1 Å². The number of ether oxygens (including phenoxy) is 1. The van der Waals surface area contributed by atoms with E-state index in [9.17, 15) is 4.79 Å². The lowest BCUT2D eigenvalue weighted by Crippen LogP contribution is -2.07. The van der Waals surface area contributed by atoms with Crippen LogP contribution in [-0.2, 0) is 4.74 Å². The van der Waals surface area contributed by atoms with Crippen LogP contribution in [0.3, 0.4) is 0 Å². The molecule has 0 aliphatic carbocycles. The van der Waals surface area contributed by atoms with Crippen LogP contribution in [0.4, 0.5) is 0 Å². The lowest BCUT2D eigenvalue weighted by Gasteiger charge is -2.05. The largest absolute Gasteiger partial charge is 0.463 e. The quantitative estimate of drug-likeness (QED) is 0.520. The first-order valence-corrected chi connectivity index (χ1v) is 8.26. The molecule has 27 heavy (non-hydrogen) atoms. The van der Waals surface area contributed by atoms with Gasteiger partial charge in [0.05, 0.1) is 19.0 Å². The summed E-state index contributed by atoms with van der Waals surface area (Å²) in [5.74, 6) is -0.329. The molecule has 0 N–H and O–H groups in total. The van der Waals surface area contributed by atoms with Crippen LogP contribution in [0.2, 0.25) is 0 Å². The monoisotopic (exact) mass is 360 g/mol. The van der Waals surface area contributed by atoms with E-state index in [1.807, 2.05) is 61.5 Å². The summed E-state index contributed by atoms with van der Waals surface area (Å²) in [6, 6.07) is 17.4. The maximum Gasteiger partial charge on any atom is 0.378 e. The first-order chi connectivity index (χ1) is 13.2. The normalized spacial score (nSPS) is 10.7. The van der Waals surface area contributed by atoms with Crippen LogP contribution in [0.1, 0.15) is 16.2 Å². The van der Waals surface area contributed by atoms with Gasteiger partial charge in [0.1, 0.15) is 5.69 Å². The highest BCUT2D eigenvalue weighted by atomic mass is 16.5. The summed E-state index contributed by atoms with van der Waals surface area (Å²) in [7, 11) is 1.29. The first-order valence-electron chi connectivity index (χ1n) is 8.26. The number of rotatable bonds is 4. The molecule has 0 aliphatic rings. The second-order valence-corrected chi connectivity index (χ2v) is 5.89. The van der Waals surface area contributed by atoms with Crippen molar-refractivity contribution in [1.82, 2.24) is 29.8 Å². The standard InChI is InChI=1S/C19H16N6O2/c1-13-8-10-15(11-9-13)25-19(20-17(22-25)18(26)27-2)24-12-16(21-23-24)14-6-4-3-5-7-14/h3-12H,1-2H3. The number of carbonyl (C=O) groups is 1. The van der Waals surface area contributed by atoms with Gasteiger partial charge >= 0.3 is 5.97 Å². The molecule has 2 aromatic heterocycles. The molecule has 0 spiro atoms. The van der Waals surface area contributed by atoms with Crippen molar-refractivity contribution < 1.29 is 9.53 Å². The molecule has 2 aromatic carbocycles. The van der Waals surface area contributed by atoms with Gasteiger partial charge in [0.25, 0.3) is 11.8 Å². The van der Waals surface area contributed by atoms with Crippen molar-refractivity contribution in [3.05, 3.63) is 72.2 Å². The molecule has 0 aliphatic heterocycles. The van der Waals surface area contributed by atoms with E-state index in [0.29, 0.717) is 11.6 Å². The Bertz CT molecular complexity index is 1080. The molecule has 4 rings (SSSR count). The smallest absolute Gasteiger partial charge is 0.378 e. The molecular formula is C19H16N6O2. The fourth-order valence-electron chi connectivity index (χ4n) is 2.59. The zero-order valence-corrected chi connectivity index (χ0v) is 14.8. The van der Waals surface area contributed by atoms with Crippen molar-refractivity contribution in [2.75, 3.05) is 7.11 Å². The molecule has 134 valence electrons. The highest BCUT2D eigenvalue weighted by molar-refractivity contribution is 5.85. The Hall–Kier alpha value is -3.81. The van der Waals surface area contributed by atoms with Gasteiger partial charge in [-0.2, -0.15) is 14.3 Å². The Morgan fingerprint density at radius 1 is 1.04 bits per heavy atom. The van der Waals surface area contributed by atoms with Crippen molar-refractivity contribution in [3.63, 3.8) is 0 Å². The maximum absolute atomic E-state index is 11.9. The zero-order chi connectivity index (χ0) is 18.8. The average molecular weight is 360 g/mol. The number of hydrogen-bond donors (Lipinski definition) is 0. The number of benzene rings is 2. The van der Waals surface area contributed by atoms with Crippen LogP contribution in [0.25, 0.3) is 22.9 Å². The van der Waals surface area contributed by atoms with Crippen molar-refractivity contribution in [2.24, 2.45) is 0 Å². The molecule has 0 fully saturated rings. The molecule has 0 saturated heterocycles. The number of methoxy groups -OCH3 is 1. The first kappa shape index (κ1) is 16.6. The zero-order valence-electron chi connectivity index (χ0n) is 14.8. The lowest BCUT2D eigenvalue weighted by atomic mass is 10.2. The Morgan fingerprint density at radius 3 is 2.48 bits per heavy atom. The summed E-state index contributed by atoms with van der Waals surface area (Å²) in [5, 5.41) is 12.6. The Labute approximate surface area is 155 Å². The number of aromatic nitrogens is 6. The molecule has 8 heteroatoms. The second-order valence-electron chi connectivity index (χ2n) is 5.89. The summed E-state index contributed by atoms with van der Waals surface area (Å²) >= 11 is 0.